The highest BCUT2D eigenvalue weighted by Gasteiger charge is 2.49. The molecule has 2 aromatic carbocycles. The molecule has 3 atom stereocenters. The van der Waals surface area contributed by atoms with Crippen LogP contribution in [0.2, 0.25) is 0 Å². The van der Waals surface area contributed by atoms with E-state index in [9.17, 15) is 4.57 Å². The van der Waals surface area contributed by atoms with Gasteiger partial charge in [-0.05, 0) is 60.0 Å². The number of nitrogens with zero attached hydrogens (tertiary/aromatic N) is 1. The average molecular weight is 412 g/mol. The molecule has 1 saturated heterocycles. The molecule has 1 aliphatic heterocycles. The second-order valence-corrected chi connectivity index (χ2v) is 14.3. The lowest BCUT2D eigenvalue weighted by atomic mass is 9.86. The van der Waals surface area contributed by atoms with Crippen molar-refractivity contribution in [1.82, 2.24) is 4.67 Å². The van der Waals surface area contributed by atoms with Crippen LogP contribution in [-0.4, -0.2) is 18.8 Å². The molecular weight excluding hydrogens is 373 g/mol. The first-order valence-electron chi connectivity index (χ1n) is 10.8. The minimum atomic E-state index is -2.58. The van der Waals surface area contributed by atoms with E-state index in [-0.39, 0.29) is 22.1 Å². The normalized spacial score (nSPS) is 25.6. The molecule has 2 nitrogen and oxygen atoms in total. The Hall–Kier alpha value is -1.37. The van der Waals surface area contributed by atoms with Crippen LogP contribution in [0.4, 0.5) is 0 Å². The Morgan fingerprint density at radius 3 is 1.24 bits per heavy atom. The zero-order valence-electron chi connectivity index (χ0n) is 19.5. The summed E-state index contributed by atoms with van der Waals surface area (Å²) in [5.41, 5.74) is 5.60. The smallest absolute Gasteiger partial charge is 0.164 e. The molecule has 0 unspecified atom stereocenters. The second-order valence-electron chi connectivity index (χ2n) is 10.9. The Morgan fingerprint density at radius 2 is 1.00 bits per heavy atom. The van der Waals surface area contributed by atoms with Gasteiger partial charge in [0.25, 0.3) is 0 Å². The van der Waals surface area contributed by atoms with E-state index in [0.717, 1.165) is 12.8 Å². The first kappa shape index (κ1) is 22.3. The summed E-state index contributed by atoms with van der Waals surface area (Å²) in [7, 11) is 1.41. The molecule has 2 aromatic rings. The molecule has 0 amide bonds. The van der Waals surface area contributed by atoms with Crippen LogP contribution in [0.15, 0.2) is 48.5 Å². The van der Waals surface area contributed by atoms with Gasteiger partial charge in [-0.25, -0.2) is 0 Å². The highest BCUT2D eigenvalue weighted by Crippen LogP contribution is 2.77. The van der Waals surface area contributed by atoms with Gasteiger partial charge in [0.2, 0.25) is 0 Å². The summed E-state index contributed by atoms with van der Waals surface area (Å²) >= 11 is 0. The quantitative estimate of drug-likeness (QED) is 0.482. The van der Waals surface area contributed by atoms with Gasteiger partial charge in [-0.2, -0.15) is 0 Å². The summed E-state index contributed by atoms with van der Waals surface area (Å²) in [5.74, 6) is 0. The maximum atomic E-state index is 14.5. The summed E-state index contributed by atoms with van der Waals surface area (Å²) in [4.78, 5) is 0. The number of benzene rings is 2. The third-order valence-corrected chi connectivity index (χ3v) is 10.7. The van der Waals surface area contributed by atoms with Gasteiger partial charge >= 0.3 is 0 Å². The van der Waals surface area contributed by atoms with Crippen molar-refractivity contribution in [2.75, 3.05) is 14.1 Å². The predicted molar refractivity (Wildman–Crippen MR) is 126 cm³/mol. The highest BCUT2D eigenvalue weighted by atomic mass is 31.2. The van der Waals surface area contributed by atoms with Gasteiger partial charge in [0.15, 0.2) is 7.29 Å². The van der Waals surface area contributed by atoms with E-state index in [1.807, 2.05) is 18.8 Å². The Bertz CT molecular complexity index is 813. The van der Waals surface area contributed by atoms with Gasteiger partial charge < -0.3 is 4.57 Å². The molecule has 1 heterocycles. The summed E-state index contributed by atoms with van der Waals surface area (Å²) in [6, 6.07) is 17.8. The zero-order chi connectivity index (χ0) is 21.6. The molecule has 0 N–H and O–H groups in total. The third kappa shape index (κ3) is 4.25. The lowest BCUT2D eigenvalue weighted by molar-refractivity contribution is 0.502. The van der Waals surface area contributed by atoms with Crippen LogP contribution in [-0.2, 0) is 15.4 Å². The molecule has 3 rings (SSSR count). The SMILES string of the molecule is CN(C)[P@@]1(=O)[C@@H](c2ccc(C(C)(C)C)cc2)CC[C@H]1c1ccc(C(C)(C)C)cc1. The van der Waals surface area contributed by atoms with E-state index in [1.54, 1.807) is 0 Å². The molecule has 3 heteroatoms. The predicted octanol–water partition coefficient (Wildman–Crippen LogP) is 7.70. The lowest BCUT2D eigenvalue weighted by Gasteiger charge is -2.33. The summed E-state index contributed by atoms with van der Waals surface area (Å²) in [6.07, 6.45) is 1.96. The van der Waals surface area contributed by atoms with Crippen molar-refractivity contribution >= 4 is 7.29 Å². The molecule has 0 aromatic heterocycles. The topological polar surface area (TPSA) is 20.3 Å². The van der Waals surface area contributed by atoms with Gasteiger partial charge in [0.1, 0.15) is 0 Å². The maximum absolute atomic E-state index is 14.5. The average Bonchev–Trinajstić information content (AvgIpc) is 2.99. The van der Waals surface area contributed by atoms with Crippen molar-refractivity contribution in [3.05, 3.63) is 70.8 Å². The molecule has 29 heavy (non-hydrogen) atoms. The van der Waals surface area contributed by atoms with Crippen LogP contribution in [0.5, 0.6) is 0 Å². The van der Waals surface area contributed by atoms with Crippen LogP contribution >= 0.6 is 7.29 Å². The van der Waals surface area contributed by atoms with Gasteiger partial charge in [0.05, 0.1) is 11.3 Å². The van der Waals surface area contributed by atoms with Crippen molar-refractivity contribution < 1.29 is 4.57 Å². The van der Waals surface area contributed by atoms with Crippen molar-refractivity contribution in [2.24, 2.45) is 0 Å². The maximum Gasteiger partial charge on any atom is 0.164 e. The van der Waals surface area contributed by atoms with Gasteiger partial charge in [0, 0.05) is 0 Å². The fourth-order valence-corrected chi connectivity index (χ4v) is 8.42. The van der Waals surface area contributed by atoms with E-state index < -0.39 is 7.29 Å². The minimum absolute atomic E-state index is 0.110. The molecule has 1 fully saturated rings. The number of hydrogen-bond acceptors (Lipinski definition) is 1. The van der Waals surface area contributed by atoms with E-state index in [0.29, 0.717) is 0 Å². The van der Waals surface area contributed by atoms with E-state index in [1.165, 1.54) is 22.3 Å². The molecule has 0 aliphatic carbocycles. The van der Waals surface area contributed by atoms with Gasteiger partial charge in [-0.15, -0.1) is 0 Å². The summed E-state index contributed by atoms with van der Waals surface area (Å²) in [6.45, 7) is 13.4. The minimum Gasteiger partial charge on any atom is -0.305 e. The van der Waals surface area contributed by atoms with Crippen LogP contribution in [0, 0.1) is 0 Å². The molecule has 0 spiro atoms. The Morgan fingerprint density at radius 1 is 0.690 bits per heavy atom. The van der Waals surface area contributed by atoms with Crippen LogP contribution < -0.4 is 0 Å². The monoisotopic (exact) mass is 411 g/mol. The van der Waals surface area contributed by atoms with Crippen molar-refractivity contribution in [1.29, 1.82) is 0 Å². The Kier molecular flexibility index (Phi) is 5.93. The number of rotatable bonds is 3. The van der Waals surface area contributed by atoms with Crippen LogP contribution in [0.1, 0.15) is 88.0 Å². The number of hydrogen-bond donors (Lipinski definition) is 0. The molecular formula is C26H38NOP. The largest absolute Gasteiger partial charge is 0.305 e. The third-order valence-electron chi connectivity index (χ3n) is 6.55. The van der Waals surface area contributed by atoms with E-state index in [4.69, 9.17) is 0 Å². The molecule has 1 aliphatic rings. The van der Waals surface area contributed by atoms with Crippen molar-refractivity contribution in [2.45, 2.75) is 76.5 Å². The fraction of sp³-hybridized carbons (Fsp3) is 0.538. The fourth-order valence-electron chi connectivity index (χ4n) is 4.63. The van der Waals surface area contributed by atoms with Crippen LogP contribution in [0.3, 0.4) is 0 Å². The summed E-state index contributed by atoms with van der Waals surface area (Å²) < 4.78 is 16.5. The first-order chi connectivity index (χ1) is 13.3. The molecule has 0 saturated carbocycles. The molecule has 0 bridgehead atoms. The molecule has 0 radical (unpaired) electrons. The summed E-state index contributed by atoms with van der Waals surface area (Å²) in [5, 5.41) is 0. The first-order valence-corrected chi connectivity index (χ1v) is 12.6. The zero-order valence-corrected chi connectivity index (χ0v) is 20.4. The Balaban J connectivity index is 1.95. The standard InChI is InChI=1S/C26H38NOP/c1-25(2,3)21-13-9-19(10-14-21)23-17-18-24(29(23,28)27(7)8)20-11-15-22(16-12-20)26(4,5)6/h9-16,23-24H,17-18H2,1-8H3/t23-,24+,29-. The van der Waals surface area contributed by atoms with Crippen molar-refractivity contribution in [3.63, 3.8) is 0 Å². The van der Waals surface area contributed by atoms with Crippen LogP contribution in [0.25, 0.3) is 0 Å². The second kappa shape index (κ2) is 7.71. The Labute approximate surface area is 178 Å². The lowest BCUT2D eigenvalue weighted by Crippen LogP contribution is -2.16. The van der Waals surface area contributed by atoms with Gasteiger partial charge in [-0.3, -0.25) is 4.67 Å². The van der Waals surface area contributed by atoms with E-state index >= 15 is 0 Å². The van der Waals surface area contributed by atoms with Gasteiger partial charge in [-0.1, -0.05) is 90.1 Å². The highest BCUT2D eigenvalue weighted by molar-refractivity contribution is 7.62. The van der Waals surface area contributed by atoms with Crippen molar-refractivity contribution in [3.8, 4) is 0 Å². The van der Waals surface area contributed by atoms with E-state index in [2.05, 4.69) is 90.1 Å². The molecule has 158 valence electrons.